The van der Waals surface area contributed by atoms with Gasteiger partial charge >= 0.3 is 0 Å². The third-order valence-corrected chi connectivity index (χ3v) is 5.13. The molecule has 22 heavy (non-hydrogen) atoms. The Hall–Kier alpha value is -1.55. The maximum Gasteiger partial charge on any atom is 0.225 e. The van der Waals surface area contributed by atoms with E-state index in [2.05, 4.69) is 22.8 Å². The van der Waals surface area contributed by atoms with E-state index in [1.165, 1.54) is 18.4 Å². The minimum atomic E-state index is -0.180. The summed E-state index contributed by atoms with van der Waals surface area (Å²) in [6, 6.07) is 8.18. The van der Waals surface area contributed by atoms with Crippen molar-refractivity contribution in [3.05, 3.63) is 29.8 Å². The van der Waals surface area contributed by atoms with Gasteiger partial charge in [0.1, 0.15) is 5.75 Å². The van der Waals surface area contributed by atoms with E-state index in [0.29, 0.717) is 0 Å². The van der Waals surface area contributed by atoms with Crippen LogP contribution in [0.1, 0.15) is 44.1 Å². The van der Waals surface area contributed by atoms with Gasteiger partial charge < -0.3 is 15.4 Å². The molecule has 0 aromatic heterocycles. The SMILES string of the molecule is COc1ccc(C2(NC(=O)C3CCCNC3)CCCC2)cc1. The van der Waals surface area contributed by atoms with Gasteiger partial charge in [-0.3, -0.25) is 4.79 Å². The lowest BCUT2D eigenvalue weighted by Gasteiger charge is -2.34. The van der Waals surface area contributed by atoms with Crippen LogP contribution >= 0.6 is 0 Å². The minimum Gasteiger partial charge on any atom is -0.497 e. The number of nitrogens with one attached hydrogen (secondary N) is 2. The Bertz CT molecular complexity index is 500. The summed E-state index contributed by atoms with van der Waals surface area (Å²) in [5, 5.41) is 6.73. The molecular weight excluding hydrogens is 276 g/mol. The Morgan fingerprint density at radius 2 is 1.95 bits per heavy atom. The molecule has 4 nitrogen and oxygen atoms in total. The summed E-state index contributed by atoms with van der Waals surface area (Å²) >= 11 is 0. The Morgan fingerprint density at radius 1 is 1.23 bits per heavy atom. The van der Waals surface area contributed by atoms with E-state index in [9.17, 15) is 4.79 Å². The number of methoxy groups -OCH3 is 1. The molecule has 1 saturated carbocycles. The van der Waals surface area contributed by atoms with Crippen LogP contribution in [0.3, 0.4) is 0 Å². The number of amides is 1. The maximum absolute atomic E-state index is 12.7. The predicted octanol–water partition coefficient (Wildman–Crippen LogP) is 2.58. The average molecular weight is 302 g/mol. The van der Waals surface area contributed by atoms with Gasteiger partial charge in [-0.2, -0.15) is 0 Å². The second kappa shape index (κ2) is 6.69. The van der Waals surface area contributed by atoms with Crippen LogP contribution in [0.4, 0.5) is 0 Å². The smallest absolute Gasteiger partial charge is 0.225 e. The lowest BCUT2D eigenvalue weighted by Crippen LogP contribution is -2.49. The number of ether oxygens (including phenoxy) is 1. The van der Waals surface area contributed by atoms with Gasteiger partial charge in [-0.15, -0.1) is 0 Å². The van der Waals surface area contributed by atoms with E-state index in [4.69, 9.17) is 4.74 Å². The molecule has 1 aliphatic carbocycles. The normalized spacial score (nSPS) is 24.0. The number of piperidine rings is 1. The van der Waals surface area contributed by atoms with Gasteiger partial charge in [-0.25, -0.2) is 0 Å². The molecule has 1 aromatic rings. The fraction of sp³-hybridized carbons (Fsp3) is 0.611. The highest BCUT2D eigenvalue weighted by atomic mass is 16.5. The van der Waals surface area contributed by atoms with Gasteiger partial charge in [0.15, 0.2) is 0 Å². The largest absolute Gasteiger partial charge is 0.497 e. The molecule has 120 valence electrons. The first-order valence-electron chi connectivity index (χ1n) is 8.41. The number of carbonyl (C=O) groups excluding carboxylic acids is 1. The zero-order valence-electron chi connectivity index (χ0n) is 13.4. The van der Waals surface area contributed by atoms with Crippen molar-refractivity contribution in [2.45, 2.75) is 44.1 Å². The van der Waals surface area contributed by atoms with Crippen molar-refractivity contribution in [3.8, 4) is 5.75 Å². The van der Waals surface area contributed by atoms with Gasteiger partial charge in [0.2, 0.25) is 5.91 Å². The molecule has 3 rings (SSSR count). The number of benzene rings is 1. The first-order valence-corrected chi connectivity index (χ1v) is 8.41. The molecule has 1 aromatic carbocycles. The Labute approximate surface area is 132 Å². The zero-order valence-corrected chi connectivity index (χ0v) is 13.4. The summed E-state index contributed by atoms with van der Waals surface area (Å²) in [5.41, 5.74) is 1.03. The highest BCUT2D eigenvalue weighted by molar-refractivity contribution is 5.80. The van der Waals surface area contributed by atoms with Crippen molar-refractivity contribution in [1.29, 1.82) is 0 Å². The van der Waals surface area contributed by atoms with Crippen molar-refractivity contribution >= 4 is 5.91 Å². The fourth-order valence-electron chi connectivity index (χ4n) is 3.79. The topological polar surface area (TPSA) is 50.4 Å². The van der Waals surface area contributed by atoms with Crippen LogP contribution in [0, 0.1) is 5.92 Å². The molecule has 1 unspecified atom stereocenters. The van der Waals surface area contributed by atoms with E-state index in [1.807, 2.05) is 12.1 Å². The molecule has 2 aliphatic rings. The number of hydrogen-bond acceptors (Lipinski definition) is 3. The van der Waals surface area contributed by atoms with Crippen LogP contribution < -0.4 is 15.4 Å². The molecule has 2 fully saturated rings. The molecule has 1 saturated heterocycles. The van der Waals surface area contributed by atoms with Gasteiger partial charge in [-0.1, -0.05) is 25.0 Å². The van der Waals surface area contributed by atoms with E-state index in [-0.39, 0.29) is 17.4 Å². The fourth-order valence-corrected chi connectivity index (χ4v) is 3.79. The first kappa shape index (κ1) is 15.3. The Kier molecular flexibility index (Phi) is 4.67. The molecule has 1 atom stereocenters. The Morgan fingerprint density at radius 3 is 2.55 bits per heavy atom. The number of rotatable bonds is 4. The molecule has 0 spiro atoms. The van der Waals surface area contributed by atoms with E-state index in [1.54, 1.807) is 7.11 Å². The van der Waals surface area contributed by atoms with Gasteiger partial charge in [-0.05, 0) is 49.9 Å². The Balaban J connectivity index is 1.76. The van der Waals surface area contributed by atoms with Crippen molar-refractivity contribution in [3.63, 3.8) is 0 Å². The second-order valence-corrected chi connectivity index (χ2v) is 6.55. The molecule has 1 aliphatic heterocycles. The van der Waals surface area contributed by atoms with E-state index in [0.717, 1.165) is 44.5 Å². The van der Waals surface area contributed by atoms with E-state index >= 15 is 0 Å². The zero-order chi connectivity index (χ0) is 15.4. The summed E-state index contributed by atoms with van der Waals surface area (Å²) in [4.78, 5) is 12.7. The second-order valence-electron chi connectivity index (χ2n) is 6.55. The van der Waals surface area contributed by atoms with Gasteiger partial charge in [0.25, 0.3) is 0 Å². The average Bonchev–Trinajstić information content (AvgIpc) is 3.05. The van der Waals surface area contributed by atoms with Crippen LogP contribution in [0.25, 0.3) is 0 Å². The summed E-state index contributed by atoms with van der Waals surface area (Å²) in [5.74, 6) is 1.19. The van der Waals surface area contributed by atoms with Crippen LogP contribution in [-0.4, -0.2) is 26.1 Å². The quantitative estimate of drug-likeness (QED) is 0.899. The molecule has 0 bridgehead atoms. The lowest BCUT2D eigenvalue weighted by atomic mass is 9.86. The lowest BCUT2D eigenvalue weighted by molar-refractivity contribution is -0.127. The summed E-state index contributed by atoms with van der Waals surface area (Å²) in [6.07, 6.45) is 6.51. The highest BCUT2D eigenvalue weighted by Crippen LogP contribution is 2.39. The van der Waals surface area contributed by atoms with Crippen LogP contribution in [0.2, 0.25) is 0 Å². The van der Waals surface area contributed by atoms with Crippen LogP contribution in [0.5, 0.6) is 5.75 Å². The molecule has 4 heteroatoms. The van der Waals surface area contributed by atoms with Gasteiger partial charge in [0, 0.05) is 6.54 Å². The van der Waals surface area contributed by atoms with Crippen molar-refractivity contribution < 1.29 is 9.53 Å². The monoisotopic (exact) mass is 302 g/mol. The third-order valence-electron chi connectivity index (χ3n) is 5.13. The van der Waals surface area contributed by atoms with Crippen molar-refractivity contribution in [2.24, 2.45) is 5.92 Å². The molecular formula is C18H26N2O2. The maximum atomic E-state index is 12.7. The molecule has 0 radical (unpaired) electrons. The minimum absolute atomic E-state index is 0.115. The molecule has 2 N–H and O–H groups in total. The molecule has 1 amide bonds. The van der Waals surface area contributed by atoms with Crippen molar-refractivity contribution in [2.75, 3.05) is 20.2 Å². The number of carbonyl (C=O) groups is 1. The summed E-state index contributed by atoms with van der Waals surface area (Å²) in [6.45, 7) is 1.85. The predicted molar refractivity (Wildman–Crippen MR) is 86.9 cm³/mol. The van der Waals surface area contributed by atoms with Crippen LogP contribution in [-0.2, 0) is 10.3 Å². The van der Waals surface area contributed by atoms with Gasteiger partial charge in [0.05, 0.1) is 18.6 Å². The number of hydrogen-bond donors (Lipinski definition) is 2. The van der Waals surface area contributed by atoms with Crippen LogP contribution in [0.15, 0.2) is 24.3 Å². The van der Waals surface area contributed by atoms with E-state index < -0.39 is 0 Å². The summed E-state index contributed by atoms with van der Waals surface area (Å²) < 4.78 is 5.25. The summed E-state index contributed by atoms with van der Waals surface area (Å²) in [7, 11) is 1.68. The first-order chi connectivity index (χ1) is 10.7. The highest BCUT2D eigenvalue weighted by Gasteiger charge is 2.38. The van der Waals surface area contributed by atoms with Crippen molar-refractivity contribution in [1.82, 2.24) is 10.6 Å². The standard InChI is InChI=1S/C18H26N2O2/c1-22-16-8-6-15(7-9-16)18(10-2-3-11-18)20-17(21)14-5-4-12-19-13-14/h6-9,14,19H,2-5,10-13H2,1H3,(H,20,21). The molecule has 1 heterocycles. The third kappa shape index (κ3) is 3.12.